The first kappa shape index (κ1) is 15.1. The zero-order valence-corrected chi connectivity index (χ0v) is 11.9. The summed E-state index contributed by atoms with van der Waals surface area (Å²) in [6.45, 7) is 2.84. The van der Waals surface area contributed by atoms with Gasteiger partial charge in [0.15, 0.2) is 0 Å². The number of carbonyl (C=O) groups excluding carboxylic acids is 1. The van der Waals surface area contributed by atoms with E-state index in [0.29, 0.717) is 16.6 Å². The van der Waals surface area contributed by atoms with E-state index in [0.717, 1.165) is 24.8 Å². The first-order valence-electron chi connectivity index (χ1n) is 6.04. The molecule has 4 heteroatoms. The SMILES string of the molecule is CCCCCNC(=O)C=Cc1ccc(Cl)cc1Cl. The van der Waals surface area contributed by atoms with Crippen LogP contribution >= 0.6 is 23.2 Å². The molecule has 1 N–H and O–H groups in total. The van der Waals surface area contributed by atoms with E-state index in [9.17, 15) is 4.79 Å². The van der Waals surface area contributed by atoms with Gasteiger partial charge in [0.1, 0.15) is 0 Å². The van der Waals surface area contributed by atoms with Crippen LogP contribution < -0.4 is 5.32 Å². The first-order chi connectivity index (χ1) is 8.63. The molecule has 1 amide bonds. The molecule has 0 unspecified atom stereocenters. The van der Waals surface area contributed by atoms with Crippen molar-refractivity contribution in [1.29, 1.82) is 0 Å². The van der Waals surface area contributed by atoms with Crippen LogP contribution in [0.15, 0.2) is 24.3 Å². The van der Waals surface area contributed by atoms with Gasteiger partial charge in [0, 0.05) is 22.7 Å². The number of unbranched alkanes of at least 4 members (excludes halogenated alkanes) is 2. The highest BCUT2D eigenvalue weighted by atomic mass is 35.5. The largest absolute Gasteiger partial charge is 0.353 e. The molecule has 2 nitrogen and oxygen atoms in total. The first-order valence-corrected chi connectivity index (χ1v) is 6.80. The van der Waals surface area contributed by atoms with Gasteiger partial charge in [0.2, 0.25) is 5.91 Å². The molecule has 0 aliphatic carbocycles. The van der Waals surface area contributed by atoms with Gasteiger partial charge in [-0.3, -0.25) is 4.79 Å². The fraction of sp³-hybridized carbons (Fsp3) is 0.357. The van der Waals surface area contributed by atoms with E-state index in [1.165, 1.54) is 6.08 Å². The third-order valence-electron chi connectivity index (χ3n) is 2.46. The van der Waals surface area contributed by atoms with Crippen LogP contribution in [0.2, 0.25) is 10.0 Å². The van der Waals surface area contributed by atoms with Crippen LogP contribution in [0.1, 0.15) is 31.7 Å². The molecule has 0 fully saturated rings. The fourth-order valence-corrected chi connectivity index (χ4v) is 1.92. The Morgan fingerprint density at radius 3 is 2.78 bits per heavy atom. The van der Waals surface area contributed by atoms with Crippen molar-refractivity contribution in [3.8, 4) is 0 Å². The molecule has 1 aromatic rings. The van der Waals surface area contributed by atoms with Gasteiger partial charge >= 0.3 is 0 Å². The number of hydrogen-bond donors (Lipinski definition) is 1. The molecule has 1 aromatic carbocycles. The predicted octanol–water partition coefficient (Wildman–Crippen LogP) is 4.31. The zero-order valence-electron chi connectivity index (χ0n) is 10.4. The number of hydrogen-bond acceptors (Lipinski definition) is 1. The number of amides is 1. The Hall–Kier alpha value is -0.990. The summed E-state index contributed by atoms with van der Waals surface area (Å²) < 4.78 is 0. The van der Waals surface area contributed by atoms with Crippen LogP contribution in [0.4, 0.5) is 0 Å². The Morgan fingerprint density at radius 2 is 2.11 bits per heavy atom. The van der Waals surface area contributed by atoms with Crippen molar-refractivity contribution in [2.24, 2.45) is 0 Å². The van der Waals surface area contributed by atoms with E-state index in [1.54, 1.807) is 24.3 Å². The Kier molecular flexibility index (Phi) is 6.84. The van der Waals surface area contributed by atoms with Crippen LogP contribution in [0.5, 0.6) is 0 Å². The average Bonchev–Trinajstić information content (AvgIpc) is 2.33. The molecule has 0 radical (unpaired) electrons. The molecule has 0 aromatic heterocycles. The highest BCUT2D eigenvalue weighted by Gasteiger charge is 1.99. The second-order valence-electron chi connectivity index (χ2n) is 4.00. The van der Waals surface area contributed by atoms with Crippen molar-refractivity contribution in [3.05, 3.63) is 39.9 Å². The minimum absolute atomic E-state index is 0.0999. The molecule has 0 saturated heterocycles. The minimum Gasteiger partial charge on any atom is -0.353 e. The van der Waals surface area contributed by atoms with E-state index < -0.39 is 0 Å². The van der Waals surface area contributed by atoms with E-state index in [-0.39, 0.29) is 5.91 Å². The predicted molar refractivity (Wildman–Crippen MR) is 78.0 cm³/mol. The van der Waals surface area contributed by atoms with Crippen molar-refractivity contribution >= 4 is 35.2 Å². The van der Waals surface area contributed by atoms with E-state index in [2.05, 4.69) is 12.2 Å². The summed E-state index contributed by atoms with van der Waals surface area (Å²) in [5, 5.41) is 3.95. The molecular formula is C14H17Cl2NO. The maximum atomic E-state index is 11.5. The third kappa shape index (κ3) is 5.56. The summed E-state index contributed by atoms with van der Waals surface area (Å²) >= 11 is 11.8. The monoisotopic (exact) mass is 285 g/mol. The molecule has 0 atom stereocenters. The number of carbonyl (C=O) groups is 1. The van der Waals surface area contributed by atoms with Gasteiger partial charge in [-0.1, -0.05) is 49.0 Å². The van der Waals surface area contributed by atoms with E-state index in [4.69, 9.17) is 23.2 Å². The van der Waals surface area contributed by atoms with Crippen LogP contribution in [0, 0.1) is 0 Å². The lowest BCUT2D eigenvalue weighted by molar-refractivity contribution is -0.116. The molecule has 0 heterocycles. The summed E-state index contributed by atoms with van der Waals surface area (Å²) in [7, 11) is 0. The molecule has 0 bridgehead atoms. The number of benzene rings is 1. The van der Waals surface area contributed by atoms with E-state index in [1.807, 2.05) is 0 Å². The lowest BCUT2D eigenvalue weighted by Gasteiger charge is -2.01. The molecule has 0 aliphatic rings. The summed E-state index contributed by atoms with van der Waals surface area (Å²) in [4.78, 5) is 11.5. The Morgan fingerprint density at radius 1 is 1.33 bits per heavy atom. The normalized spacial score (nSPS) is 10.8. The van der Waals surface area contributed by atoms with Gasteiger partial charge in [0.25, 0.3) is 0 Å². The lowest BCUT2D eigenvalue weighted by atomic mass is 10.2. The molecule has 18 heavy (non-hydrogen) atoms. The topological polar surface area (TPSA) is 29.1 Å². The number of nitrogens with one attached hydrogen (secondary N) is 1. The van der Waals surface area contributed by atoms with Gasteiger partial charge in [0.05, 0.1) is 0 Å². The Labute approximate surface area is 118 Å². The summed E-state index contributed by atoms with van der Waals surface area (Å²) in [5.41, 5.74) is 0.782. The van der Waals surface area contributed by atoms with Crippen molar-refractivity contribution in [3.63, 3.8) is 0 Å². The molecule has 98 valence electrons. The van der Waals surface area contributed by atoms with Gasteiger partial charge in [-0.15, -0.1) is 0 Å². The smallest absolute Gasteiger partial charge is 0.243 e. The number of rotatable bonds is 6. The number of halogens is 2. The minimum atomic E-state index is -0.0999. The van der Waals surface area contributed by atoms with Gasteiger partial charge in [-0.2, -0.15) is 0 Å². The Bertz CT molecular complexity index is 430. The van der Waals surface area contributed by atoms with E-state index >= 15 is 0 Å². The molecule has 0 saturated carbocycles. The van der Waals surface area contributed by atoms with Crippen molar-refractivity contribution in [2.75, 3.05) is 6.54 Å². The summed E-state index contributed by atoms with van der Waals surface area (Å²) in [6.07, 6.45) is 6.46. The molecule has 1 rings (SSSR count). The quantitative estimate of drug-likeness (QED) is 0.612. The molecule has 0 aliphatic heterocycles. The highest BCUT2D eigenvalue weighted by Crippen LogP contribution is 2.21. The van der Waals surface area contributed by atoms with Crippen LogP contribution in [-0.2, 0) is 4.79 Å². The maximum absolute atomic E-state index is 11.5. The zero-order chi connectivity index (χ0) is 13.4. The van der Waals surface area contributed by atoms with Crippen LogP contribution in [0.3, 0.4) is 0 Å². The van der Waals surface area contributed by atoms with Gasteiger partial charge in [-0.25, -0.2) is 0 Å². The maximum Gasteiger partial charge on any atom is 0.243 e. The molecule has 0 spiro atoms. The fourth-order valence-electron chi connectivity index (χ4n) is 1.45. The van der Waals surface area contributed by atoms with Crippen molar-refractivity contribution < 1.29 is 4.79 Å². The summed E-state index contributed by atoms with van der Waals surface area (Å²) in [6, 6.07) is 5.18. The summed E-state index contributed by atoms with van der Waals surface area (Å²) in [5.74, 6) is -0.0999. The van der Waals surface area contributed by atoms with Gasteiger partial charge < -0.3 is 5.32 Å². The Balaban J connectivity index is 2.45. The van der Waals surface area contributed by atoms with Crippen LogP contribution in [-0.4, -0.2) is 12.5 Å². The van der Waals surface area contributed by atoms with Crippen molar-refractivity contribution in [1.82, 2.24) is 5.32 Å². The van der Waals surface area contributed by atoms with Gasteiger partial charge in [-0.05, 0) is 30.2 Å². The second kappa shape index (κ2) is 8.17. The average molecular weight is 286 g/mol. The third-order valence-corrected chi connectivity index (χ3v) is 3.02. The second-order valence-corrected chi connectivity index (χ2v) is 4.84. The van der Waals surface area contributed by atoms with Crippen molar-refractivity contribution in [2.45, 2.75) is 26.2 Å². The standard InChI is InChI=1S/C14H17Cl2NO/c1-2-3-4-9-17-14(18)8-6-11-5-7-12(15)10-13(11)16/h5-8,10H,2-4,9H2,1H3,(H,17,18). The highest BCUT2D eigenvalue weighted by molar-refractivity contribution is 6.35. The van der Waals surface area contributed by atoms with Crippen LogP contribution in [0.25, 0.3) is 6.08 Å². The molecular weight excluding hydrogens is 269 g/mol. The lowest BCUT2D eigenvalue weighted by Crippen LogP contribution is -2.21.